The summed E-state index contributed by atoms with van der Waals surface area (Å²) in [6, 6.07) is 14.9. The molecule has 28 heavy (non-hydrogen) atoms. The van der Waals surface area contributed by atoms with Gasteiger partial charge in [0.1, 0.15) is 5.76 Å². The fourth-order valence-electron chi connectivity index (χ4n) is 3.32. The number of aliphatic imine (C=N–C) groups is 1. The minimum atomic E-state index is 0. The van der Waals surface area contributed by atoms with E-state index < -0.39 is 0 Å². The van der Waals surface area contributed by atoms with E-state index in [0.717, 1.165) is 44.2 Å². The van der Waals surface area contributed by atoms with Gasteiger partial charge in [0.05, 0.1) is 19.4 Å². The molecule has 0 spiro atoms. The van der Waals surface area contributed by atoms with E-state index in [0.29, 0.717) is 19.2 Å². The lowest BCUT2D eigenvalue weighted by atomic mass is 10.1. The van der Waals surface area contributed by atoms with Gasteiger partial charge in [0.25, 0.3) is 0 Å². The van der Waals surface area contributed by atoms with Crippen molar-refractivity contribution in [2.45, 2.75) is 25.3 Å². The van der Waals surface area contributed by atoms with Gasteiger partial charge in [-0.2, -0.15) is 0 Å². The minimum Gasteiger partial charge on any atom is -0.469 e. The summed E-state index contributed by atoms with van der Waals surface area (Å²) >= 11 is 0. The first-order valence-corrected chi connectivity index (χ1v) is 9.71. The molecule has 7 heteroatoms. The second-order valence-corrected chi connectivity index (χ2v) is 6.74. The Morgan fingerprint density at radius 2 is 2.11 bits per heavy atom. The number of halogens is 1. The standard InChI is InChI=1S/C21H30N4O2.HI/c1-26-16-13-23-21(22-12-11-20-10-6-15-27-20)24-18-7-5-14-25(17-18)19-8-3-2-4-9-19;/h2-4,6,8-10,15,18H,5,7,11-14,16-17H2,1H3,(H2,22,23,24);1H. The van der Waals surface area contributed by atoms with Crippen LogP contribution in [-0.2, 0) is 11.2 Å². The Labute approximate surface area is 184 Å². The van der Waals surface area contributed by atoms with Crippen LogP contribution < -0.4 is 15.5 Å². The molecule has 1 saturated heterocycles. The van der Waals surface area contributed by atoms with Gasteiger partial charge >= 0.3 is 0 Å². The van der Waals surface area contributed by atoms with Gasteiger partial charge in [-0.15, -0.1) is 24.0 Å². The predicted molar refractivity (Wildman–Crippen MR) is 125 cm³/mol. The van der Waals surface area contributed by atoms with Crippen molar-refractivity contribution in [3.8, 4) is 0 Å². The first-order valence-electron chi connectivity index (χ1n) is 9.71. The second-order valence-electron chi connectivity index (χ2n) is 6.74. The van der Waals surface area contributed by atoms with Crippen LogP contribution in [0, 0.1) is 0 Å². The van der Waals surface area contributed by atoms with E-state index in [2.05, 4.69) is 50.9 Å². The summed E-state index contributed by atoms with van der Waals surface area (Å²) < 4.78 is 10.5. The van der Waals surface area contributed by atoms with Crippen LogP contribution in [0.3, 0.4) is 0 Å². The van der Waals surface area contributed by atoms with Gasteiger partial charge in [0.15, 0.2) is 5.96 Å². The lowest BCUT2D eigenvalue weighted by Gasteiger charge is -2.35. The lowest BCUT2D eigenvalue weighted by Crippen LogP contribution is -2.51. The van der Waals surface area contributed by atoms with Crippen molar-refractivity contribution in [3.05, 3.63) is 54.5 Å². The molecule has 1 aromatic carbocycles. The van der Waals surface area contributed by atoms with E-state index in [4.69, 9.17) is 9.15 Å². The highest BCUT2D eigenvalue weighted by Crippen LogP contribution is 2.19. The third-order valence-electron chi connectivity index (χ3n) is 4.69. The molecule has 1 aromatic heterocycles. The molecule has 154 valence electrons. The van der Waals surface area contributed by atoms with E-state index >= 15 is 0 Å². The third kappa shape index (κ3) is 7.35. The smallest absolute Gasteiger partial charge is 0.191 e. The van der Waals surface area contributed by atoms with Gasteiger partial charge in [0, 0.05) is 44.9 Å². The molecule has 0 radical (unpaired) electrons. The minimum absolute atomic E-state index is 0. The topological polar surface area (TPSA) is 62.0 Å². The zero-order valence-electron chi connectivity index (χ0n) is 16.5. The zero-order valence-corrected chi connectivity index (χ0v) is 18.8. The summed E-state index contributed by atoms with van der Waals surface area (Å²) in [7, 11) is 1.70. The number of guanidine groups is 1. The highest BCUT2D eigenvalue weighted by molar-refractivity contribution is 14.0. The predicted octanol–water partition coefficient (Wildman–Crippen LogP) is 3.29. The van der Waals surface area contributed by atoms with Gasteiger partial charge < -0.3 is 24.7 Å². The maximum atomic E-state index is 5.40. The first kappa shape index (κ1) is 22.5. The van der Waals surface area contributed by atoms with E-state index in [1.807, 2.05) is 12.1 Å². The number of anilines is 1. The van der Waals surface area contributed by atoms with Crippen LogP contribution >= 0.6 is 24.0 Å². The molecule has 6 nitrogen and oxygen atoms in total. The monoisotopic (exact) mass is 498 g/mol. The zero-order chi connectivity index (χ0) is 18.7. The van der Waals surface area contributed by atoms with E-state index in [9.17, 15) is 0 Å². The maximum Gasteiger partial charge on any atom is 0.191 e. The molecule has 1 unspecified atom stereocenters. The van der Waals surface area contributed by atoms with E-state index in [-0.39, 0.29) is 24.0 Å². The van der Waals surface area contributed by atoms with Crippen molar-refractivity contribution in [2.24, 2.45) is 4.99 Å². The molecule has 1 aliphatic heterocycles. The normalized spacial score (nSPS) is 17.1. The molecule has 2 heterocycles. The average molecular weight is 498 g/mol. The summed E-state index contributed by atoms with van der Waals surface area (Å²) in [5.41, 5.74) is 1.28. The second kappa shape index (κ2) is 12.7. The van der Waals surface area contributed by atoms with Crippen LogP contribution in [0.5, 0.6) is 0 Å². The summed E-state index contributed by atoms with van der Waals surface area (Å²) in [6.45, 7) is 4.12. The van der Waals surface area contributed by atoms with Gasteiger partial charge in [-0.1, -0.05) is 18.2 Å². The number of para-hydroxylation sites is 1. The number of rotatable bonds is 8. The largest absolute Gasteiger partial charge is 0.469 e. The molecular weight excluding hydrogens is 467 g/mol. The fourth-order valence-corrected chi connectivity index (χ4v) is 3.32. The maximum absolute atomic E-state index is 5.40. The number of methoxy groups -OCH3 is 1. The van der Waals surface area contributed by atoms with Gasteiger partial charge in [-0.05, 0) is 37.1 Å². The Balaban J connectivity index is 0.00000280. The van der Waals surface area contributed by atoms with Crippen LogP contribution in [0.25, 0.3) is 0 Å². The molecule has 3 rings (SSSR count). The molecule has 1 fully saturated rings. The number of furan rings is 1. The molecule has 0 bridgehead atoms. The van der Waals surface area contributed by atoms with Crippen molar-refractivity contribution in [3.63, 3.8) is 0 Å². The number of hydrogen-bond acceptors (Lipinski definition) is 4. The summed E-state index contributed by atoms with van der Waals surface area (Å²) in [4.78, 5) is 7.09. The molecule has 0 aliphatic carbocycles. The van der Waals surface area contributed by atoms with Crippen molar-refractivity contribution in [1.82, 2.24) is 10.6 Å². The Morgan fingerprint density at radius 3 is 2.86 bits per heavy atom. The molecule has 1 atom stereocenters. The number of hydrogen-bond donors (Lipinski definition) is 2. The number of piperidine rings is 1. The Bertz CT molecular complexity index is 679. The number of benzene rings is 1. The van der Waals surface area contributed by atoms with Crippen LogP contribution in [-0.4, -0.2) is 51.9 Å². The number of nitrogens with zero attached hydrogens (tertiary/aromatic N) is 2. The Kier molecular flexibility index (Phi) is 10.2. The average Bonchev–Trinajstić information content (AvgIpc) is 3.22. The van der Waals surface area contributed by atoms with E-state index in [1.54, 1.807) is 13.4 Å². The number of nitrogens with one attached hydrogen (secondary N) is 2. The van der Waals surface area contributed by atoms with Crippen LogP contribution in [0.15, 0.2) is 58.1 Å². The number of ether oxygens (including phenoxy) is 1. The van der Waals surface area contributed by atoms with Crippen molar-refractivity contribution >= 4 is 35.6 Å². The Hall–Kier alpha value is -1.74. The molecule has 2 N–H and O–H groups in total. The molecule has 2 aromatic rings. The quantitative estimate of drug-likeness (QED) is 0.253. The summed E-state index contributed by atoms with van der Waals surface area (Å²) in [5.74, 6) is 1.82. The molecule has 0 saturated carbocycles. The molecule has 1 aliphatic rings. The summed E-state index contributed by atoms with van der Waals surface area (Å²) in [5, 5.41) is 7.03. The van der Waals surface area contributed by atoms with Gasteiger partial charge in [0.2, 0.25) is 0 Å². The van der Waals surface area contributed by atoms with Gasteiger partial charge in [-0.3, -0.25) is 4.99 Å². The molecular formula is C21H31IN4O2. The Morgan fingerprint density at radius 1 is 1.25 bits per heavy atom. The van der Waals surface area contributed by atoms with Crippen LogP contribution in [0.2, 0.25) is 0 Å². The van der Waals surface area contributed by atoms with Crippen LogP contribution in [0.4, 0.5) is 5.69 Å². The molecule has 0 amide bonds. The third-order valence-corrected chi connectivity index (χ3v) is 4.69. The lowest BCUT2D eigenvalue weighted by molar-refractivity contribution is 0.207. The van der Waals surface area contributed by atoms with Crippen molar-refractivity contribution in [1.29, 1.82) is 0 Å². The SMILES string of the molecule is COCCN=C(NCCc1ccco1)NC1CCCN(c2ccccc2)C1.I. The van der Waals surface area contributed by atoms with Crippen molar-refractivity contribution in [2.75, 3.05) is 44.8 Å². The fraction of sp³-hybridized carbons (Fsp3) is 0.476. The summed E-state index contributed by atoms with van der Waals surface area (Å²) in [6.07, 6.45) is 4.86. The van der Waals surface area contributed by atoms with Crippen LogP contribution in [0.1, 0.15) is 18.6 Å². The van der Waals surface area contributed by atoms with Crippen molar-refractivity contribution < 1.29 is 9.15 Å². The van der Waals surface area contributed by atoms with E-state index in [1.165, 1.54) is 12.1 Å². The highest BCUT2D eigenvalue weighted by atomic mass is 127. The first-order chi connectivity index (χ1) is 13.3. The van der Waals surface area contributed by atoms with Gasteiger partial charge in [-0.25, -0.2) is 0 Å². The highest BCUT2D eigenvalue weighted by Gasteiger charge is 2.21.